The van der Waals surface area contributed by atoms with Crippen LogP contribution in [0.3, 0.4) is 0 Å². The van der Waals surface area contributed by atoms with Gasteiger partial charge >= 0.3 is 0 Å². The highest BCUT2D eigenvalue weighted by molar-refractivity contribution is 9.10. The van der Waals surface area contributed by atoms with Crippen molar-refractivity contribution in [3.63, 3.8) is 0 Å². The SMILES string of the molecule is CCN(CCC(O)c1ccccc1Br)C1CCCC1. The summed E-state index contributed by atoms with van der Waals surface area (Å²) in [5.74, 6) is 0. The molecule has 2 nitrogen and oxygen atoms in total. The normalized spacial score (nSPS) is 18.1. The fraction of sp³-hybridized carbons (Fsp3) is 0.625. The van der Waals surface area contributed by atoms with Gasteiger partial charge in [0.05, 0.1) is 6.10 Å². The average Bonchev–Trinajstić information content (AvgIpc) is 2.94. The molecule has 1 unspecified atom stereocenters. The van der Waals surface area contributed by atoms with Crippen LogP contribution in [0.5, 0.6) is 0 Å². The minimum Gasteiger partial charge on any atom is -0.388 e. The first-order valence-electron chi connectivity index (χ1n) is 7.39. The predicted molar refractivity (Wildman–Crippen MR) is 83.2 cm³/mol. The first-order chi connectivity index (χ1) is 9.22. The lowest BCUT2D eigenvalue weighted by Gasteiger charge is -2.28. The maximum absolute atomic E-state index is 10.3. The Morgan fingerprint density at radius 3 is 2.63 bits per heavy atom. The van der Waals surface area contributed by atoms with Gasteiger partial charge in [0.15, 0.2) is 0 Å². The van der Waals surface area contributed by atoms with Gasteiger partial charge in [0, 0.05) is 17.1 Å². The van der Waals surface area contributed by atoms with Crippen LogP contribution in [0.1, 0.15) is 50.7 Å². The largest absolute Gasteiger partial charge is 0.388 e. The zero-order valence-electron chi connectivity index (χ0n) is 11.7. The first kappa shape index (κ1) is 15.0. The predicted octanol–water partition coefficient (Wildman–Crippen LogP) is 4.14. The standard InChI is InChI=1S/C16H24BrNO/c1-2-18(13-7-3-4-8-13)12-11-16(19)14-9-5-6-10-15(14)17/h5-6,9-10,13,16,19H,2-4,7-8,11-12H2,1H3. The molecular weight excluding hydrogens is 302 g/mol. The van der Waals surface area contributed by atoms with Gasteiger partial charge in [-0.15, -0.1) is 0 Å². The molecule has 1 aliphatic rings. The van der Waals surface area contributed by atoms with Crippen molar-refractivity contribution in [1.29, 1.82) is 0 Å². The number of benzene rings is 1. The molecule has 1 aromatic carbocycles. The Kier molecular flexibility index (Phi) is 5.86. The molecule has 1 fully saturated rings. The number of hydrogen-bond donors (Lipinski definition) is 1. The quantitative estimate of drug-likeness (QED) is 0.849. The lowest BCUT2D eigenvalue weighted by atomic mass is 10.1. The minimum absolute atomic E-state index is 0.369. The van der Waals surface area contributed by atoms with Crippen molar-refractivity contribution in [3.05, 3.63) is 34.3 Å². The van der Waals surface area contributed by atoms with Crippen molar-refractivity contribution >= 4 is 15.9 Å². The van der Waals surface area contributed by atoms with Crippen LogP contribution in [0, 0.1) is 0 Å². The summed E-state index contributed by atoms with van der Waals surface area (Å²) < 4.78 is 1.01. The monoisotopic (exact) mass is 325 g/mol. The van der Waals surface area contributed by atoms with E-state index in [9.17, 15) is 5.11 Å². The molecule has 0 spiro atoms. The smallest absolute Gasteiger partial charge is 0.0813 e. The zero-order chi connectivity index (χ0) is 13.7. The maximum Gasteiger partial charge on any atom is 0.0813 e. The van der Waals surface area contributed by atoms with E-state index in [0.29, 0.717) is 0 Å². The Balaban J connectivity index is 1.88. The van der Waals surface area contributed by atoms with Gasteiger partial charge in [-0.05, 0) is 37.4 Å². The van der Waals surface area contributed by atoms with Crippen LogP contribution in [-0.4, -0.2) is 29.1 Å². The number of aliphatic hydroxyl groups excluding tert-OH is 1. The van der Waals surface area contributed by atoms with Crippen LogP contribution in [0.4, 0.5) is 0 Å². The van der Waals surface area contributed by atoms with Gasteiger partial charge < -0.3 is 10.0 Å². The highest BCUT2D eigenvalue weighted by Gasteiger charge is 2.22. The van der Waals surface area contributed by atoms with Crippen molar-refractivity contribution in [2.45, 2.75) is 51.2 Å². The third-order valence-corrected chi connectivity index (χ3v) is 4.92. The van der Waals surface area contributed by atoms with E-state index in [1.807, 2.05) is 24.3 Å². The molecule has 106 valence electrons. The van der Waals surface area contributed by atoms with Gasteiger partial charge in [-0.3, -0.25) is 0 Å². The lowest BCUT2D eigenvalue weighted by Crippen LogP contribution is -2.34. The lowest BCUT2D eigenvalue weighted by molar-refractivity contribution is 0.126. The van der Waals surface area contributed by atoms with E-state index in [1.165, 1.54) is 25.7 Å². The molecule has 1 saturated carbocycles. The summed E-state index contributed by atoms with van der Waals surface area (Å²) in [6, 6.07) is 8.71. The van der Waals surface area contributed by atoms with Gasteiger partial charge in [0.25, 0.3) is 0 Å². The molecule has 0 saturated heterocycles. The van der Waals surface area contributed by atoms with E-state index in [4.69, 9.17) is 0 Å². The Hall–Kier alpha value is -0.380. The van der Waals surface area contributed by atoms with Crippen LogP contribution in [0.2, 0.25) is 0 Å². The molecule has 1 aliphatic carbocycles. The molecule has 1 atom stereocenters. The minimum atomic E-state index is -0.369. The van der Waals surface area contributed by atoms with Crippen LogP contribution in [-0.2, 0) is 0 Å². The Morgan fingerprint density at radius 2 is 2.00 bits per heavy atom. The third kappa shape index (κ3) is 4.04. The van der Waals surface area contributed by atoms with Crippen LogP contribution in [0.25, 0.3) is 0 Å². The second-order valence-electron chi connectivity index (χ2n) is 5.39. The number of halogens is 1. The second kappa shape index (κ2) is 7.41. The Morgan fingerprint density at radius 1 is 1.32 bits per heavy atom. The summed E-state index contributed by atoms with van der Waals surface area (Å²) in [6.45, 7) is 4.31. The number of aliphatic hydroxyl groups is 1. The summed E-state index contributed by atoms with van der Waals surface area (Å²) in [6.07, 6.45) is 5.85. The second-order valence-corrected chi connectivity index (χ2v) is 6.25. The fourth-order valence-electron chi connectivity index (χ4n) is 3.06. The summed E-state index contributed by atoms with van der Waals surface area (Å²) in [5.41, 5.74) is 1.00. The van der Waals surface area contributed by atoms with Crippen molar-refractivity contribution < 1.29 is 5.11 Å². The molecule has 0 bridgehead atoms. The van der Waals surface area contributed by atoms with E-state index in [-0.39, 0.29) is 6.10 Å². The van der Waals surface area contributed by atoms with Crippen molar-refractivity contribution in [1.82, 2.24) is 4.90 Å². The molecule has 1 aromatic rings. The molecule has 1 N–H and O–H groups in total. The van der Waals surface area contributed by atoms with Crippen molar-refractivity contribution in [2.24, 2.45) is 0 Å². The summed E-state index contributed by atoms with van der Waals surface area (Å²) in [4.78, 5) is 2.53. The first-order valence-corrected chi connectivity index (χ1v) is 8.18. The molecule has 19 heavy (non-hydrogen) atoms. The van der Waals surface area contributed by atoms with Crippen molar-refractivity contribution in [2.75, 3.05) is 13.1 Å². The van der Waals surface area contributed by atoms with E-state index >= 15 is 0 Å². The van der Waals surface area contributed by atoms with Gasteiger partial charge in [0.2, 0.25) is 0 Å². The Labute approximate surface area is 124 Å². The van der Waals surface area contributed by atoms with Crippen LogP contribution < -0.4 is 0 Å². The number of rotatable bonds is 6. The molecule has 0 radical (unpaired) electrons. The van der Waals surface area contributed by atoms with E-state index in [1.54, 1.807) is 0 Å². The molecule has 3 heteroatoms. The highest BCUT2D eigenvalue weighted by Crippen LogP contribution is 2.27. The summed E-state index contributed by atoms with van der Waals surface area (Å²) >= 11 is 3.51. The van der Waals surface area contributed by atoms with Gasteiger partial charge in [-0.2, -0.15) is 0 Å². The number of hydrogen-bond acceptors (Lipinski definition) is 2. The van der Waals surface area contributed by atoms with Crippen LogP contribution >= 0.6 is 15.9 Å². The molecule has 0 aromatic heterocycles. The zero-order valence-corrected chi connectivity index (χ0v) is 13.3. The van der Waals surface area contributed by atoms with Crippen LogP contribution in [0.15, 0.2) is 28.7 Å². The van der Waals surface area contributed by atoms with Crippen molar-refractivity contribution in [3.8, 4) is 0 Å². The van der Waals surface area contributed by atoms with E-state index < -0.39 is 0 Å². The van der Waals surface area contributed by atoms with Gasteiger partial charge in [-0.1, -0.05) is 53.9 Å². The topological polar surface area (TPSA) is 23.5 Å². The van der Waals surface area contributed by atoms with E-state index in [2.05, 4.69) is 27.8 Å². The summed E-state index contributed by atoms with van der Waals surface area (Å²) in [5, 5.41) is 10.3. The molecule has 0 aliphatic heterocycles. The third-order valence-electron chi connectivity index (χ3n) is 4.20. The maximum atomic E-state index is 10.3. The number of nitrogens with zero attached hydrogens (tertiary/aromatic N) is 1. The summed E-state index contributed by atoms with van der Waals surface area (Å²) in [7, 11) is 0. The molecule has 0 heterocycles. The molecular formula is C16H24BrNO. The Bertz CT molecular complexity index is 390. The fourth-order valence-corrected chi connectivity index (χ4v) is 3.61. The highest BCUT2D eigenvalue weighted by atomic mass is 79.9. The van der Waals surface area contributed by atoms with Gasteiger partial charge in [0.1, 0.15) is 0 Å². The average molecular weight is 326 g/mol. The molecule has 2 rings (SSSR count). The van der Waals surface area contributed by atoms with E-state index in [0.717, 1.165) is 35.6 Å². The molecule has 0 amide bonds. The van der Waals surface area contributed by atoms with Gasteiger partial charge in [-0.25, -0.2) is 0 Å².